The van der Waals surface area contributed by atoms with E-state index < -0.39 is 28.0 Å². The lowest BCUT2D eigenvalue weighted by Crippen LogP contribution is -2.38. The van der Waals surface area contributed by atoms with Crippen LogP contribution < -0.4 is 5.32 Å². The molecule has 0 aromatic carbocycles. The fourth-order valence-corrected chi connectivity index (χ4v) is 1.34. The predicted molar refractivity (Wildman–Crippen MR) is 60.5 cm³/mol. The van der Waals surface area contributed by atoms with E-state index in [2.05, 4.69) is 5.32 Å². The first kappa shape index (κ1) is 19.0. The van der Waals surface area contributed by atoms with Crippen molar-refractivity contribution in [2.24, 2.45) is 0 Å². The Morgan fingerprint density at radius 2 is 1.71 bits per heavy atom. The molecule has 0 aliphatic carbocycles. The van der Waals surface area contributed by atoms with E-state index in [9.17, 15) is 21.6 Å². The fourth-order valence-electron chi connectivity index (χ4n) is 0.903. The molecule has 0 aromatic rings. The van der Waals surface area contributed by atoms with E-state index in [4.69, 9.17) is 4.55 Å². The van der Waals surface area contributed by atoms with Crippen molar-refractivity contribution in [3.8, 4) is 0 Å². The summed E-state index contributed by atoms with van der Waals surface area (Å²) in [4.78, 5) is 0. The van der Waals surface area contributed by atoms with Crippen molar-refractivity contribution in [2.45, 2.75) is 44.0 Å². The van der Waals surface area contributed by atoms with Crippen molar-refractivity contribution in [3.05, 3.63) is 0 Å². The molecule has 8 heteroatoms. The Morgan fingerprint density at radius 1 is 1.29 bits per heavy atom. The van der Waals surface area contributed by atoms with Crippen LogP contribution in [0.5, 0.6) is 0 Å². The maximum absolute atomic E-state index is 12.7. The number of rotatable bonds is 6. The van der Waals surface area contributed by atoms with Gasteiger partial charge in [-0.05, 0) is 20.5 Å². The smallest absolute Gasteiger partial charge is 0.323 e. The third-order valence-corrected chi connectivity index (χ3v) is 2.71. The number of unbranched alkanes of at least 4 members (excludes halogenated alkanes) is 2. The molecule has 4 nitrogen and oxygen atoms in total. The second-order valence-electron chi connectivity index (χ2n) is 3.50. The fraction of sp³-hybridized carbons (Fsp3) is 1.00. The van der Waals surface area contributed by atoms with Gasteiger partial charge in [0, 0.05) is 0 Å². The zero-order chi connectivity index (χ0) is 14.1. The van der Waals surface area contributed by atoms with Gasteiger partial charge in [-0.3, -0.25) is 4.55 Å². The van der Waals surface area contributed by atoms with Gasteiger partial charge < -0.3 is 5.32 Å². The highest BCUT2D eigenvalue weighted by atomic mass is 32.2. The normalized spacial score (nSPS) is 13.8. The first-order valence-electron chi connectivity index (χ1n) is 5.22. The number of hydrogen-bond donors (Lipinski definition) is 2. The number of nitrogens with one attached hydrogen (secondary N) is 1. The summed E-state index contributed by atoms with van der Waals surface area (Å²) >= 11 is 0. The Balaban J connectivity index is 0. The minimum atomic E-state index is -5.65. The highest BCUT2D eigenvalue weighted by molar-refractivity contribution is 7.86. The monoisotopic (exact) mass is 279 g/mol. The van der Waals surface area contributed by atoms with Crippen LogP contribution in [0.3, 0.4) is 0 Å². The van der Waals surface area contributed by atoms with Gasteiger partial charge in [-0.25, -0.2) is 4.39 Å². The van der Waals surface area contributed by atoms with Gasteiger partial charge in [0.15, 0.2) is 6.17 Å². The van der Waals surface area contributed by atoms with Crippen molar-refractivity contribution < 1.29 is 26.1 Å². The largest absolute Gasteiger partial charge is 0.400 e. The van der Waals surface area contributed by atoms with Crippen LogP contribution in [0.4, 0.5) is 13.2 Å². The number of hydrogen-bond acceptors (Lipinski definition) is 3. The number of alkyl halides is 3. The quantitative estimate of drug-likeness (QED) is 0.578. The van der Waals surface area contributed by atoms with E-state index in [1.54, 1.807) is 6.92 Å². The molecule has 0 aliphatic heterocycles. The molecule has 2 N–H and O–H groups in total. The predicted octanol–water partition coefficient (Wildman–Crippen LogP) is 2.22. The Hall–Kier alpha value is -0.340. The van der Waals surface area contributed by atoms with Crippen molar-refractivity contribution >= 4 is 10.1 Å². The summed E-state index contributed by atoms with van der Waals surface area (Å²) in [5.74, 6) is 0. The summed E-state index contributed by atoms with van der Waals surface area (Å²) in [5, 5.41) is -1.94. The molecule has 17 heavy (non-hydrogen) atoms. The second kappa shape index (κ2) is 8.71. The average molecular weight is 279 g/mol. The topological polar surface area (TPSA) is 66.4 Å². The van der Waals surface area contributed by atoms with Gasteiger partial charge in [-0.15, -0.1) is 0 Å². The standard InChI is InChI=1S/C7H13F3O3S.C2H7N/c1-2-3-4-5-6(8)7(9,10)14(11,12)13;1-3-2/h6H,2-5H2,1H3,(H,11,12,13);3H,1-2H3. The molecule has 0 saturated carbocycles. The Kier molecular flexibility index (Phi) is 9.74. The maximum atomic E-state index is 12.7. The van der Waals surface area contributed by atoms with Crippen molar-refractivity contribution in [3.63, 3.8) is 0 Å². The molecule has 0 heterocycles. The van der Waals surface area contributed by atoms with Gasteiger partial charge in [-0.1, -0.05) is 26.2 Å². The van der Waals surface area contributed by atoms with E-state index in [0.717, 1.165) is 0 Å². The maximum Gasteiger partial charge on any atom is 0.400 e. The minimum absolute atomic E-state index is 0.169. The van der Waals surface area contributed by atoms with Crippen LogP contribution in [0.25, 0.3) is 0 Å². The molecule has 0 aromatic heterocycles. The van der Waals surface area contributed by atoms with Gasteiger partial charge in [0.2, 0.25) is 0 Å². The van der Waals surface area contributed by atoms with E-state index in [-0.39, 0.29) is 6.42 Å². The van der Waals surface area contributed by atoms with E-state index >= 15 is 0 Å². The molecular weight excluding hydrogens is 259 g/mol. The molecule has 0 rings (SSSR count). The van der Waals surface area contributed by atoms with Crippen molar-refractivity contribution in [2.75, 3.05) is 14.1 Å². The molecule has 0 fully saturated rings. The van der Waals surface area contributed by atoms with Crippen LogP contribution in [-0.4, -0.2) is 38.5 Å². The highest BCUT2D eigenvalue weighted by Crippen LogP contribution is 2.30. The van der Waals surface area contributed by atoms with Gasteiger partial charge in [0.05, 0.1) is 0 Å². The van der Waals surface area contributed by atoms with Crippen LogP contribution in [0, 0.1) is 0 Å². The molecule has 0 saturated heterocycles. The first-order chi connectivity index (χ1) is 7.65. The average Bonchev–Trinajstić information content (AvgIpc) is 2.17. The van der Waals surface area contributed by atoms with Crippen LogP contribution in [0.15, 0.2) is 0 Å². The number of halogens is 3. The van der Waals surface area contributed by atoms with Gasteiger partial charge >= 0.3 is 15.4 Å². The minimum Gasteiger partial charge on any atom is -0.323 e. The van der Waals surface area contributed by atoms with Crippen LogP contribution >= 0.6 is 0 Å². The zero-order valence-electron chi connectivity index (χ0n) is 10.2. The van der Waals surface area contributed by atoms with Crippen LogP contribution in [0.2, 0.25) is 0 Å². The highest BCUT2D eigenvalue weighted by Gasteiger charge is 2.52. The Bertz CT molecular complexity index is 283. The van der Waals surface area contributed by atoms with Crippen LogP contribution in [0.1, 0.15) is 32.6 Å². The van der Waals surface area contributed by atoms with E-state index in [1.165, 1.54) is 0 Å². The van der Waals surface area contributed by atoms with Gasteiger partial charge in [0.25, 0.3) is 0 Å². The molecule has 1 atom stereocenters. The lowest BCUT2D eigenvalue weighted by atomic mass is 10.1. The summed E-state index contributed by atoms with van der Waals surface area (Å²) in [5.41, 5.74) is 0. The molecular formula is C9H20F3NO3S. The lowest BCUT2D eigenvalue weighted by molar-refractivity contribution is -0.00704. The summed E-state index contributed by atoms with van der Waals surface area (Å²) in [7, 11) is -1.90. The third-order valence-electron chi connectivity index (χ3n) is 1.77. The molecule has 1 unspecified atom stereocenters. The molecule has 0 amide bonds. The van der Waals surface area contributed by atoms with E-state index in [1.807, 2.05) is 14.1 Å². The van der Waals surface area contributed by atoms with Crippen molar-refractivity contribution in [1.29, 1.82) is 0 Å². The van der Waals surface area contributed by atoms with E-state index in [0.29, 0.717) is 12.8 Å². The SMILES string of the molecule is CCCCCC(F)C(F)(F)S(=O)(=O)O.CNC. The summed E-state index contributed by atoms with van der Waals surface area (Å²) < 4.78 is 66.0. The Labute approximate surface area is 100 Å². The van der Waals surface area contributed by atoms with Gasteiger partial charge in [-0.2, -0.15) is 17.2 Å². The first-order valence-corrected chi connectivity index (χ1v) is 6.66. The summed E-state index contributed by atoms with van der Waals surface area (Å²) in [6.45, 7) is 1.80. The second-order valence-corrected chi connectivity index (χ2v) is 4.99. The van der Waals surface area contributed by atoms with Crippen LogP contribution in [-0.2, 0) is 10.1 Å². The molecule has 0 aliphatic rings. The zero-order valence-corrected chi connectivity index (χ0v) is 11.0. The molecule has 106 valence electrons. The van der Waals surface area contributed by atoms with Gasteiger partial charge in [0.1, 0.15) is 0 Å². The third kappa shape index (κ3) is 7.56. The molecule has 0 radical (unpaired) electrons. The molecule has 0 spiro atoms. The van der Waals surface area contributed by atoms with Crippen molar-refractivity contribution in [1.82, 2.24) is 5.32 Å². The lowest BCUT2D eigenvalue weighted by Gasteiger charge is -2.16. The Morgan fingerprint density at radius 3 is 2.00 bits per heavy atom. The summed E-state index contributed by atoms with van der Waals surface area (Å²) in [6, 6.07) is 0. The molecule has 0 bridgehead atoms. The summed E-state index contributed by atoms with van der Waals surface area (Å²) in [6.07, 6.45) is -1.99.